The van der Waals surface area contributed by atoms with E-state index in [4.69, 9.17) is 5.11 Å². The van der Waals surface area contributed by atoms with Crippen LogP contribution in [0.5, 0.6) is 0 Å². The molecule has 0 bridgehead atoms. The van der Waals surface area contributed by atoms with Crippen molar-refractivity contribution in [3.05, 3.63) is 52.9 Å². The molecule has 0 saturated heterocycles. The molecule has 2 heterocycles. The van der Waals surface area contributed by atoms with Crippen LogP contribution in [0.2, 0.25) is 0 Å². The van der Waals surface area contributed by atoms with Gasteiger partial charge < -0.3 is 15.0 Å². The van der Waals surface area contributed by atoms with Crippen molar-refractivity contribution >= 4 is 35.0 Å². The van der Waals surface area contributed by atoms with Crippen LogP contribution in [0.3, 0.4) is 0 Å². The molecule has 1 aliphatic carbocycles. The third kappa shape index (κ3) is 4.99. The maximum Gasteiger partial charge on any atom is 0.305 e. The minimum absolute atomic E-state index is 0.0204. The summed E-state index contributed by atoms with van der Waals surface area (Å²) in [6.07, 6.45) is 2.99. The fourth-order valence-corrected chi connectivity index (χ4v) is 5.38. The predicted octanol–water partition coefficient (Wildman–Crippen LogP) is 4.16. The molecule has 0 spiro atoms. The van der Waals surface area contributed by atoms with E-state index in [0.29, 0.717) is 11.0 Å². The summed E-state index contributed by atoms with van der Waals surface area (Å²) in [4.78, 5) is 25.0. The first-order valence-corrected chi connectivity index (χ1v) is 12.0. The molecule has 1 aliphatic rings. The van der Waals surface area contributed by atoms with E-state index < -0.39 is 11.2 Å². The first-order valence-electron chi connectivity index (χ1n) is 10.3. The van der Waals surface area contributed by atoms with Gasteiger partial charge in [0.15, 0.2) is 11.0 Å². The Morgan fingerprint density at radius 3 is 2.90 bits per heavy atom. The largest absolute Gasteiger partial charge is 0.481 e. The van der Waals surface area contributed by atoms with Crippen LogP contribution < -0.4 is 5.32 Å². The average Bonchev–Trinajstić information content (AvgIpc) is 3.42. The lowest BCUT2D eigenvalue weighted by Crippen LogP contribution is -2.36. The van der Waals surface area contributed by atoms with E-state index in [0.717, 1.165) is 24.1 Å². The molecular weight excluding hydrogens is 432 g/mol. The van der Waals surface area contributed by atoms with E-state index in [1.54, 1.807) is 4.57 Å². The second kappa shape index (κ2) is 9.65. The Morgan fingerprint density at radius 1 is 1.29 bits per heavy atom. The number of nitrogens with one attached hydrogen (secondary N) is 1. The fourth-order valence-electron chi connectivity index (χ4n) is 3.78. The van der Waals surface area contributed by atoms with Crippen LogP contribution in [0.4, 0.5) is 0 Å². The average molecular weight is 457 g/mol. The fraction of sp³-hybridized carbons (Fsp3) is 0.364. The van der Waals surface area contributed by atoms with E-state index in [1.807, 2.05) is 36.6 Å². The normalized spacial score (nSPS) is 16.5. The number of carboxylic acids is 1. The number of benzene rings is 1. The zero-order chi connectivity index (χ0) is 21.8. The Kier molecular flexibility index (Phi) is 6.72. The number of thioether (sulfide) groups is 1. The van der Waals surface area contributed by atoms with Crippen LogP contribution in [0.15, 0.2) is 46.9 Å². The molecule has 0 saturated carbocycles. The smallest absolute Gasteiger partial charge is 0.305 e. The van der Waals surface area contributed by atoms with Gasteiger partial charge in [0, 0.05) is 6.54 Å². The first-order chi connectivity index (χ1) is 15.0. The molecule has 2 N–H and O–H groups in total. The van der Waals surface area contributed by atoms with E-state index in [-0.39, 0.29) is 24.9 Å². The Labute approximate surface area is 188 Å². The highest BCUT2D eigenvalue weighted by molar-refractivity contribution is 8.00. The van der Waals surface area contributed by atoms with Gasteiger partial charge in [-0.1, -0.05) is 42.1 Å². The van der Waals surface area contributed by atoms with Crippen LogP contribution in [0, 0.1) is 0 Å². The Morgan fingerprint density at radius 2 is 2.13 bits per heavy atom. The van der Waals surface area contributed by atoms with Crippen LogP contribution >= 0.6 is 23.1 Å². The number of fused-ring (bicyclic) bond motifs is 1. The van der Waals surface area contributed by atoms with Gasteiger partial charge in [-0.3, -0.25) is 9.59 Å². The van der Waals surface area contributed by atoms with Crippen molar-refractivity contribution in [3.63, 3.8) is 0 Å². The van der Waals surface area contributed by atoms with Gasteiger partial charge in [0.25, 0.3) is 0 Å². The van der Waals surface area contributed by atoms with Crippen molar-refractivity contribution in [1.29, 1.82) is 0 Å². The Hall–Kier alpha value is -2.65. The quantitative estimate of drug-likeness (QED) is 0.494. The van der Waals surface area contributed by atoms with Gasteiger partial charge >= 0.3 is 5.97 Å². The number of aliphatic carboxylic acids is 1. The van der Waals surface area contributed by atoms with Crippen molar-refractivity contribution < 1.29 is 14.7 Å². The number of carboxylic acid groups (broad SMARTS) is 1. The summed E-state index contributed by atoms with van der Waals surface area (Å²) in [5.74, 6) is -0.312. The van der Waals surface area contributed by atoms with Crippen molar-refractivity contribution in [2.45, 2.75) is 55.6 Å². The van der Waals surface area contributed by atoms with Crippen molar-refractivity contribution in [3.8, 4) is 10.7 Å². The third-order valence-electron chi connectivity index (χ3n) is 5.35. The number of amides is 1. The number of aromatic nitrogens is 3. The SMILES string of the molecule is C[C@H](Sc1nnc(-c2cccs2)n1CCC(=O)O)C(=O)N[C@@H]1CCCc2ccccc21. The lowest BCUT2D eigenvalue weighted by atomic mass is 9.88. The monoisotopic (exact) mass is 456 g/mol. The summed E-state index contributed by atoms with van der Waals surface area (Å²) in [5.41, 5.74) is 2.50. The highest BCUT2D eigenvalue weighted by atomic mass is 32.2. The lowest BCUT2D eigenvalue weighted by molar-refractivity contribution is -0.137. The molecule has 3 aromatic rings. The molecule has 4 rings (SSSR count). The molecule has 0 aliphatic heterocycles. The van der Waals surface area contributed by atoms with Gasteiger partial charge in [-0.15, -0.1) is 21.5 Å². The number of carbonyl (C=O) groups is 2. The second-order valence-corrected chi connectivity index (χ2v) is 9.75. The number of hydrogen-bond donors (Lipinski definition) is 2. The maximum absolute atomic E-state index is 13.0. The molecule has 162 valence electrons. The molecule has 0 unspecified atom stereocenters. The molecule has 0 fully saturated rings. The Balaban J connectivity index is 1.48. The Bertz CT molecular complexity index is 1060. The minimum atomic E-state index is -0.886. The van der Waals surface area contributed by atoms with Crippen LogP contribution in [0.1, 0.15) is 43.4 Å². The molecule has 1 amide bonds. The molecule has 0 radical (unpaired) electrons. The lowest BCUT2D eigenvalue weighted by Gasteiger charge is -2.27. The first kappa shape index (κ1) is 21.6. The molecule has 1 aromatic carbocycles. The van der Waals surface area contributed by atoms with E-state index >= 15 is 0 Å². The minimum Gasteiger partial charge on any atom is -0.481 e. The third-order valence-corrected chi connectivity index (χ3v) is 7.29. The predicted molar refractivity (Wildman–Crippen MR) is 121 cm³/mol. The van der Waals surface area contributed by atoms with Crippen LogP contribution in [-0.2, 0) is 22.6 Å². The number of thiophene rings is 1. The summed E-state index contributed by atoms with van der Waals surface area (Å²) in [5, 5.41) is 23.0. The molecule has 2 aromatic heterocycles. The molecule has 7 nitrogen and oxygen atoms in total. The highest BCUT2D eigenvalue weighted by Crippen LogP contribution is 2.32. The molecule has 2 atom stereocenters. The van der Waals surface area contributed by atoms with Gasteiger partial charge in [0.2, 0.25) is 5.91 Å². The van der Waals surface area contributed by atoms with Crippen molar-refractivity contribution in [2.24, 2.45) is 0 Å². The van der Waals surface area contributed by atoms with Gasteiger partial charge in [0.05, 0.1) is 22.6 Å². The number of nitrogens with zero attached hydrogens (tertiary/aromatic N) is 3. The maximum atomic E-state index is 13.0. The van der Waals surface area contributed by atoms with E-state index in [1.165, 1.54) is 34.2 Å². The zero-order valence-electron chi connectivity index (χ0n) is 17.2. The molecule has 9 heteroatoms. The van der Waals surface area contributed by atoms with Crippen LogP contribution in [0.25, 0.3) is 10.7 Å². The van der Waals surface area contributed by atoms with E-state index in [2.05, 4.69) is 27.6 Å². The summed E-state index contributed by atoms with van der Waals surface area (Å²) >= 11 is 2.83. The van der Waals surface area contributed by atoms with Gasteiger partial charge in [-0.2, -0.15) is 0 Å². The number of rotatable bonds is 8. The second-order valence-electron chi connectivity index (χ2n) is 7.49. The van der Waals surface area contributed by atoms with E-state index in [9.17, 15) is 9.59 Å². The topological polar surface area (TPSA) is 97.1 Å². The summed E-state index contributed by atoms with van der Waals surface area (Å²) < 4.78 is 1.80. The van der Waals surface area contributed by atoms with Crippen molar-refractivity contribution in [1.82, 2.24) is 20.1 Å². The number of hydrogen-bond acceptors (Lipinski definition) is 6. The van der Waals surface area contributed by atoms with Gasteiger partial charge in [0.1, 0.15) is 0 Å². The standard InChI is InChI=1S/C22H24N4O3S2/c1-14(21(29)23-17-9-4-7-15-6-2-3-8-16(15)17)31-22-25-24-20(18-10-5-13-30-18)26(22)12-11-19(27)28/h2-3,5-6,8,10,13-14,17H,4,7,9,11-12H2,1H3,(H,23,29)(H,27,28)/t14-,17+/m0/s1. The van der Waals surface area contributed by atoms with Crippen molar-refractivity contribution in [2.75, 3.05) is 0 Å². The highest BCUT2D eigenvalue weighted by Gasteiger charge is 2.26. The molecular formula is C22H24N4O3S2. The number of carbonyl (C=O) groups excluding carboxylic acids is 1. The van der Waals surface area contributed by atoms with Gasteiger partial charge in [-0.25, -0.2) is 0 Å². The van der Waals surface area contributed by atoms with Gasteiger partial charge in [-0.05, 0) is 48.8 Å². The molecule has 31 heavy (non-hydrogen) atoms. The number of aryl methyl sites for hydroxylation is 1. The summed E-state index contributed by atoms with van der Waals surface area (Å²) in [7, 11) is 0. The zero-order valence-corrected chi connectivity index (χ0v) is 18.8. The summed E-state index contributed by atoms with van der Waals surface area (Å²) in [6, 6.07) is 12.1. The van der Waals surface area contributed by atoms with Crippen LogP contribution in [-0.4, -0.2) is 37.0 Å². The summed E-state index contributed by atoms with van der Waals surface area (Å²) in [6.45, 7) is 2.10.